The molecule has 1 aliphatic heterocycles. The molecule has 4 rings (SSSR count). The molecule has 6 nitrogen and oxygen atoms in total. The maximum absolute atomic E-state index is 15.1. The van der Waals surface area contributed by atoms with Crippen molar-refractivity contribution in [2.24, 2.45) is 11.8 Å². The second kappa shape index (κ2) is 11.6. The number of likely N-dealkylation sites (tertiary alicyclic amines) is 1. The van der Waals surface area contributed by atoms with E-state index in [2.05, 4.69) is 10.6 Å². The first-order valence-corrected chi connectivity index (χ1v) is 13.5. The van der Waals surface area contributed by atoms with Gasteiger partial charge in [-0.3, -0.25) is 14.4 Å². The van der Waals surface area contributed by atoms with Crippen LogP contribution >= 0.6 is 0 Å². The molecule has 0 unspecified atom stereocenters. The molecule has 3 aliphatic rings. The Labute approximate surface area is 208 Å². The van der Waals surface area contributed by atoms with Crippen molar-refractivity contribution in [3.8, 4) is 0 Å². The Morgan fingerprint density at radius 1 is 1.00 bits per heavy atom. The van der Waals surface area contributed by atoms with Crippen LogP contribution in [0, 0.1) is 17.7 Å². The third-order valence-electron chi connectivity index (χ3n) is 7.96. The monoisotopic (exact) mass is 485 g/mol. The summed E-state index contributed by atoms with van der Waals surface area (Å²) < 4.78 is 15.1. The van der Waals surface area contributed by atoms with Crippen molar-refractivity contribution in [3.63, 3.8) is 0 Å². The van der Waals surface area contributed by atoms with Gasteiger partial charge in [0.1, 0.15) is 5.82 Å². The Bertz CT molecular complexity index is 916. The Kier molecular flexibility index (Phi) is 8.58. The van der Waals surface area contributed by atoms with Crippen LogP contribution in [0.1, 0.15) is 93.5 Å². The van der Waals surface area contributed by atoms with Crippen LogP contribution in [0.2, 0.25) is 0 Å². The van der Waals surface area contributed by atoms with E-state index < -0.39 is 17.8 Å². The second-order valence-corrected chi connectivity index (χ2v) is 11.0. The second-order valence-electron chi connectivity index (χ2n) is 11.0. The van der Waals surface area contributed by atoms with Gasteiger partial charge in [0.15, 0.2) is 5.78 Å². The number of benzene rings is 1. The van der Waals surface area contributed by atoms with Crippen LogP contribution in [0.3, 0.4) is 0 Å². The van der Waals surface area contributed by atoms with Gasteiger partial charge >= 0.3 is 0 Å². The van der Waals surface area contributed by atoms with Crippen molar-refractivity contribution in [1.82, 2.24) is 15.5 Å². The number of nitrogens with zero attached hydrogens (tertiary/aromatic N) is 1. The summed E-state index contributed by atoms with van der Waals surface area (Å²) in [6, 6.07) is 4.80. The summed E-state index contributed by atoms with van der Waals surface area (Å²) in [6.45, 7) is 5.43. The summed E-state index contributed by atoms with van der Waals surface area (Å²) in [7, 11) is 0. The first kappa shape index (κ1) is 25.8. The molecule has 2 saturated carbocycles. The molecule has 1 aromatic rings. The highest BCUT2D eigenvalue weighted by molar-refractivity contribution is 5.98. The topological polar surface area (TPSA) is 78.5 Å². The predicted octanol–water partition coefficient (Wildman–Crippen LogP) is 4.19. The normalized spacial score (nSPS) is 20.6. The lowest BCUT2D eigenvalue weighted by Gasteiger charge is -2.32. The van der Waals surface area contributed by atoms with Gasteiger partial charge in [0.05, 0.1) is 18.2 Å². The molecule has 3 fully saturated rings. The van der Waals surface area contributed by atoms with Gasteiger partial charge < -0.3 is 15.5 Å². The van der Waals surface area contributed by atoms with Crippen LogP contribution in [0.15, 0.2) is 18.2 Å². The molecule has 1 aromatic carbocycles. The highest BCUT2D eigenvalue weighted by atomic mass is 19.1. The molecule has 1 heterocycles. The number of Topliss-reactive ketones (excluding diaryl/α,β-unsaturated/α-hetero) is 1. The van der Waals surface area contributed by atoms with Crippen molar-refractivity contribution >= 4 is 17.6 Å². The van der Waals surface area contributed by atoms with Crippen molar-refractivity contribution in [2.75, 3.05) is 19.6 Å². The predicted molar refractivity (Wildman–Crippen MR) is 134 cm³/mol. The Hall–Kier alpha value is -2.28. The molecule has 2 N–H and O–H groups in total. The van der Waals surface area contributed by atoms with Gasteiger partial charge in [-0.05, 0) is 68.1 Å². The maximum atomic E-state index is 15.1. The lowest BCUT2D eigenvalue weighted by molar-refractivity contribution is -0.131. The van der Waals surface area contributed by atoms with Crippen LogP contribution in [-0.2, 0) is 9.59 Å². The summed E-state index contributed by atoms with van der Waals surface area (Å²) in [5.41, 5.74) is 0.856. The summed E-state index contributed by atoms with van der Waals surface area (Å²) >= 11 is 0. The number of carbonyl (C=O) groups is 3. The molecule has 35 heavy (non-hydrogen) atoms. The zero-order valence-corrected chi connectivity index (χ0v) is 21.2. The van der Waals surface area contributed by atoms with E-state index in [0.29, 0.717) is 25.7 Å². The molecular weight excluding hydrogens is 445 g/mol. The number of carbonyl (C=O) groups excluding carboxylic acids is 3. The Morgan fingerprint density at radius 3 is 2.29 bits per heavy atom. The number of piperidine rings is 1. The van der Waals surface area contributed by atoms with E-state index in [1.54, 1.807) is 6.07 Å². The smallest absolute Gasteiger partial charge is 0.254 e. The first-order chi connectivity index (χ1) is 16.8. The fourth-order valence-electron chi connectivity index (χ4n) is 5.53. The SMILES string of the molecule is CC(C)C(=O)[C@H](NC(=O)c1ccc(C2CCN(C(=O)CNC3CC3)CC2)cc1F)C1CCCCC1. The maximum Gasteiger partial charge on any atom is 0.254 e. The van der Waals surface area contributed by atoms with E-state index in [-0.39, 0.29) is 35.0 Å². The molecule has 0 radical (unpaired) electrons. The van der Waals surface area contributed by atoms with Gasteiger partial charge in [0.25, 0.3) is 5.91 Å². The van der Waals surface area contributed by atoms with Crippen molar-refractivity contribution < 1.29 is 18.8 Å². The molecule has 2 amide bonds. The van der Waals surface area contributed by atoms with Crippen LogP contribution in [-0.4, -0.2) is 54.2 Å². The number of hydrogen-bond acceptors (Lipinski definition) is 4. The number of nitrogens with one attached hydrogen (secondary N) is 2. The highest BCUT2D eigenvalue weighted by Gasteiger charge is 2.33. The molecule has 7 heteroatoms. The van der Waals surface area contributed by atoms with E-state index in [1.807, 2.05) is 24.8 Å². The van der Waals surface area contributed by atoms with Crippen molar-refractivity contribution in [3.05, 3.63) is 35.1 Å². The van der Waals surface area contributed by atoms with Gasteiger partial charge in [-0.2, -0.15) is 0 Å². The largest absolute Gasteiger partial charge is 0.342 e. The van der Waals surface area contributed by atoms with Gasteiger partial charge in [0.2, 0.25) is 5.91 Å². The average Bonchev–Trinajstić information content (AvgIpc) is 3.70. The lowest BCUT2D eigenvalue weighted by Crippen LogP contribution is -2.48. The number of rotatable bonds is 9. The van der Waals surface area contributed by atoms with Crippen LogP contribution in [0.25, 0.3) is 0 Å². The molecular formula is C28H40FN3O3. The van der Waals surface area contributed by atoms with Crippen LogP contribution < -0.4 is 10.6 Å². The minimum absolute atomic E-state index is 0.00937. The summed E-state index contributed by atoms with van der Waals surface area (Å²) in [4.78, 5) is 40.1. The quantitative estimate of drug-likeness (QED) is 0.550. The van der Waals surface area contributed by atoms with Gasteiger partial charge in [0, 0.05) is 25.0 Å². The molecule has 0 spiro atoms. The number of amides is 2. The average molecular weight is 486 g/mol. The third-order valence-corrected chi connectivity index (χ3v) is 7.96. The highest BCUT2D eigenvalue weighted by Crippen LogP contribution is 2.31. The van der Waals surface area contributed by atoms with Crippen molar-refractivity contribution in [1.29, 1.82) is 0 Å². The van der Waals surface area contributed by atoms with E-state index in [4.69, 9.17) is 0 Å². The third kappa shape index (κ3) is 6.69. The van der Waals surface area contributed by atoms with E-state index in [1.165, 1.54) is 6.07 Å². The number of halogens is 1. The fraction of sp³-hybridized carbons (Fsp3) is 0.679. The molecule has 192 valence electrons. The minimum Gasteiger partial charge on any atom is -0.342 e. The lowest BCUT2D eigenvalue weighted by atomic mass is 9.80. The summed E-state index contributed by atoms with van der Waals surface area (Å²) in [6.07, 6.45) is 9.01. The zero-order valence-electron chi connectivity index (χ0n) is 21.2. The molecule has 1 saturated heterocycles. The minimum atomic E-state index is -0.557. The fourth-order valence-corrected chi connectivity index (χ4v) is 5.53. The Balaban J connectivity index is 1.35. The molecule has 0 aromatic heterocycles. The van der Waals surface area contributed by atoms with E-state index >= 15 is 4.39 Å². The Morgan fingerprint density at radius 2 is 1.69 bits per heavy atom. The van der Waals surface area contributed by atoms with Gasteiger partial charge in [-0.15, -0.1) is 0 Å². The number of ketones is 1. The standard InChI is InChI=1S/C28H40FN3O3/c1-18(2)27(34)26(20-6-4-3-5-7-20)31-28(35)23-11-8-21(16-24(23)29)19-12-14-32(15-13-19)25(33)17-30-22-9-10-22/h8,11,16,18-20,22,26,30H,3-7,9-10,12-15,17H2,1-2H3,(H,31,35)/t26-/m1/s1. The summed E-state index contributed by atoms with van der Waals surface area (Å²) in [5, 5.41) is 6.16. The molecule has 2 aliphatic carbocycles. The first-order valence-electron chi connectivity index (χ1n) is 13.5. The number of hydrogen-bond donors (Lipinski definition) is 2. The van der Waals surface area contributed by atoms with Crippen molar-refractivity contribution in [2.45, 2.75) is 89.6 Å². The van der Waals surface area contributed by atoms with Gasteiger partial charge in [-0.1, -0.05) is 39.2 Å². The van der Waals surface area contributed by atoms with E-state index in [0.717, 1.165) is 63.4 Å². The van der Waals surface area contributed by atoms with Crippen LogP contribution in [0.5, 0.6) is 0 Å². The van der Waals surface area contributed by atoms with E-state index in [9.17, 15) is 14.4 Å². The molecule has 0 bridgehead atoms. The van der Waals surface area contributed by atoms with Gasteiger partial charge in [-0.25, -0.2) is 4.39 Å². The summed E-state index contributed by atoms with van der Waals surface area (Å²) in [5.74, 6) is -0.796. The zero-order chi connectivity index (χ0) is 24.9. The van der Waals surface area contributed by atoms with Crippen LogP contribution in [0.4, 0.5) is 4.39 Å². The molecule has 1 atom stereocenters.